The van der Waals surface area contributed by atoms with Crippen molar-refractivity contribution in [3.63, 3.8) is 0 Å². The monoisotopic (exact) mass is 598 g/mol. The highest BCUT2D eigenvalue weighted by molar-refractivity contribution is 6.20. The molecule has 0 aromatic heterocycles. The van der Waals surface area contributed by atoms with E-state index in [0.717, 1.165) is 38.5 Å². The van der Waals surface area contributed by atoms with E-state index in [1.165, 1.54) is 4.90 Å². The van der Waals surface area contributed by atoms with Gasteiger partial charge in [0.25, 0.3) is 5.91 Å². The number of hydrogen-bond donors (Lipinski definition) is 1. The number of carbonyl (C=O) groups excluding carboxylic acids is 3. The van der Waals surface area contributed by atoms with Gasteiger partial charge in [0.1, 0.15) is 5.75 Å². The molecule has 11 heteroatoms. The zero-order valence-corrected chi connectivity index (χ0v) is 24.2. The first-order chi connectivity index (χ1) is 20.6. The lowest BCUT2D eigenvalue weighted by Crippen LogP contribution is -2.48. The summed E-state index contributed by atoms with van der Waals surface area (Å²) in [6, 6.07) is 14.6. The average molecular weight is 599 g/mol. The van der Waals surface area contributed by atoms with Crippen molar-refractivity contribution >= 4 is 29.1 Å². The van der Waals surface area contributed by atoms with Crippen LogP contribution < -0.4 is 15.0 Å². The maximum absolute atomic E-state index is 13.7. The van der Waals surface area contributed by atoms with Gasteiger partial charge >= 0.3 is 6.18 Å². The Bertz CT molecular complexity index is 1350. The van der Waals surface area contributed by atoms with Crippen LogP contribution in [0.1, 0.15) is 68.9 Å². The molecule has 2 aliphatic heterocycles. The Morgan fingerprint density at radius 3 is 2.42 bits per heavy atom. The lowest BCUT2D eigenvalue weighted by atomic mass is 9.96. The number of benzodiazepines with no additional fused rings is 1. The van der Waals surface area contributed by atoms with Crippen molar-refractivity contribution in [3.8, 4) is 5.75 Å². The van der Waals surface area contributed by atoms with Crippen molar-refractivity contribution in [2.75, 3.05) is 25.0 Å². The maximum Gasteiger partial charge on any atom is 0.389 e. The lowest BCUT2D eigenvalue weighted by Gasteiger charge is -2.29. The van der Waals surface area contributed by atoms with Crippen molar-refractivity contribution < 1.29 is 32.3 Å². The summed E-state index contributed by atoms with van der Waals surface area (Å²) < 4.78 is 45.7. The number of amides is 3. The molecule has 43 heavy (non-hydrogen) atoms. The highest BCUT2D eigenvalue weighted by atomic mass is 19.4. The molecule has 3 aliphatic rings. The molecule has 0 unspecified atom stereocenters. The number of rotatable bonds is 9. The SMILES string of the molecule is CN1C(=O)[C@@H](NC(=O)[C@H](CCC(F)(F)F)CC(=O)N2CCCCC2)N=C(c2ccccc2)c2ccc(OC3CCC3)cc21. The molecule has 8 nitrogen and oxygen atoms in total. The maximum atomic E-state index is 13.7. The van der Waals surface area contributed by atoms with Crippen molar-refractivity contribution in [1.82, 2.24) is 10.2 Å². The second-order valence-corrected chi connectivity index (χ2v) is 11.5. The Morgan fingerprint density at radius 2 is 1.77 bits per heavy atom. The van der Waals surface area contributed by atoms with E-state index in [0.29, 0.717) is 41.4 Å². The minimum absolute atomic E-state index is 0.125. The van der Waals surface area contributed by atoms with Crippen LogP contribution in [0.4, 0.5) is 18.9 Å². The van der Waals surface area contributed by atoms with Crippen LogP contribution >= 0.6 is 0 Å². The Balaban J connectivity index is 1.43. The van der Waals surface area contributed by atoms with Crippen LogP contribution in [-0.4, -0.2) is 66.9 Å². The van der Waals surface area contributed by atoms with Gasteiger partial charge in [0.15, 0.2) is 0 Å². The molecular formula is C32H37F3N4O4. The Morgan fingerprint density at radius 1 is 1.05 bits per heavy atom. The fourth-order valence-corrected chi connectivity index (χ4v) is 5.62. The fraction of sp³-hybridized carbons (Fsp3) is 0.500. The Hall–Kier alpha value is -3.89. The molecule has 5 rings (SSSR count). The third kappa shape index (κ3) is 7.55. The van der Waals surface area contributed by atoms with Gasteiger partial charge in [-0.15, -0.1) is 0 Å². The molecule has 1 saturated carbocycles. The highest BCUT2D eigenvalue weighted by Gasteiger charge is 2.36. The highest BCUT2D eigenvalue weighted by Crippen LogP contribution is 2.34. The van der Waals surface area contributed by atoms with Gasteiger partial charge in [-0.3, -0.25) is 14.4 Å². The van der Waals surface area contributed by atoms with E-state index in [1.54, 1.807) is 18.0 Å². The summed E-state index contributed by atoms with van der Waals surface area (Å²) >= 11 is 0. The van der Waals surface area contributed by atoms with Crippen LogP contribution in [0.15, 0.2) is 53.5 Å². The summed E-state index contributed by atoms with van der Waals surface area (Å²) in [6.07, 6.45) is -2.27. The van der Waals surface area contributed by atoms with Gasteiger partial charge < -0.3 is 19.9 Å². The minimum Gasteiger partial charge on any atom is -0.490 e. The van der Waals surface area contributed by atoms with Gasteiger partial charge in [0, 0.05) is 56.1 Å². The topological polar surface area (TPSA) is 91.3 Å². The second-order valence-electron chi connectivity index (χ2n) is 11.5. The molecule has 0 spiro atoms. The molecule has 2 aromatic carbocycles. The van der Waals surface area contributed by atoms with Crippen molar-refractivity contribution in [1.29, 1.82) is 0 Å². The van der Waals surface area contributed by atoms with Crippen molar-refractivity contribution in [3.05, 3.63) is 59.7 Å². The van der Waals surface area contributed by atoms with Crippen molar-refractivity contribution in [2.24, 2.45) is 10.9 Å². The zero-order chi connectivity index (χ0) is 30.6. The summed E-state index contributed by atoms with van der Waals surface area (Å²) in [5.41, 5.74) is 2.33. The smallest absolute Gasteiger partial charge is 0.389 e. The van der Waals surface area contributed by atoms with E-state index in [1.807, 2.05) is 42.5 Å². The standard InChI is InChI=1S/C32H37F3N4O4/c1-38-26-20-24(43-23-11-8-12-23)13-14-25(26)28(21-9-4-2-5-10-21)36-29(31(38)42)37-30(41)22(15-16-32(33,34)35)19-27(40)39-17-6-3-7-18-39/h2,4-5,9-10,13-14,20,22-23,29H,3,6-8,11-12,15-19H2,1H3,(H,37,41)/t22-,29-/m1/s1. The molecule has 2 aromatic rings. The molecule has 2 atom stereocenters. The first-order valence-electron chi connectivity index (χ1n) is 15.0. The molecule has 230 valence electrons. The predicted molar refractivity (Wildman–Crippen MR) is 156 cm³/mol. The number of fused-ring (bicyclic) bond motifs is 1. The number of ether oxygens (including phenoxy) is 1. The molecule has 0 radical (unpaired) electrons. The number of alkyl halides is 3. The molecule has 1 saturated heterocycles. The number of likely N-dealkylation sites (tertiary alicyclic amines) is 1. The van der Waals surface area contributed by atoms with Crippen molar-refractivity contribution in [2.45, 2.75) is 76.2 Å². The van der Waals surface area contributed by atoms with E-state index in [4.69, 9.17) is 4.74 Å². The van der Waals surface area contributed by atoms with E-state index >= 15 is 0 Å². The molecule has 2 heterocycles. The zero-order valence-electron chi connectivity index (χ0n) is 24.2. The average Bonchev–Trinajstić information content (AvgIpc) is 3.07. The van der Waals surface area contributed by atoms with Gasteiger partial charge in [-0.25, -0.2) is 4.99 Å². The van der Waals surface area contributed by atoms with Crippen LogP contribution in [-0.2, 0) is 14.4 Å². The number of aliphatic imine (C=N–C) groups is 1. The predicted octanol–water partition coefficient (Wildman–Crippen LogP) is 5.24. The number of hydrogen-bond acceptors (Lipinski definition) is 5. The summed E-state index contributed by atoms with van der Waals surface area (Å²) in [6.45, 7) is 1.04. The number of piperidine rings is 1. The minimum atomic E-state index is -4.50. The normalized spacial score (nSPS) is 20.0. The van der Waals surface area contributed by atoms with E-state index in [9.17, 15) is 27.6 Å². The van der Waals surface area contributed by atoms with E-state index < -0.39 is 42.9 Å². The van der Waals surface area contributed by atoms with Gasteiger partial charge in [0.2, 0.25) is 18.0 Å². The first-order valence-corrected chi connectivity index (χ1v) is 15.0. The molecule has 0 bridgehead atoms. The molecule has 1 aliphatic carbocycles. The Labute approximate surface area is 249 Å². The number of nitrogens with one attached hydrogen (secondary N) is 1. The molecule has 2 fully saturated rings. The number of likely N-dealkylation sites (N-methyl/N-ethyl adjacent to an activating group) is 1. The van der Waals surface area contributed by atoms with Gasteiger partial charge in [-0.05, 0) is 57.1 Å². The number of carbonyl (C=O) groups is 3. The molecular weight excluding hydrogens is 561 g/mol. The largest absolute Gasteiger partial charge is 0.490 e. The number of anilines is 1. The quantitative estimate of drug-likeness (QED) is 0.428. The summed E-state index contributed by atoms with van der Waals surface area (Å²) in [7, 11) is 1.57. The third-order valence-corrected chi connectivity index (χ3v) is 8.37. The van der Waals surface area contributed by atoms with Crippen LogP contribution in [0.5, 0.6) is 5.75 Å². The first kappa shape index (κ1) is 30.6. The summed E-state index contributed by atoms with van der Waals surface area (Å²) in [5, 5.41) is 2.60. The number of halogens is 3. The van der Waals surface area contributed by atoms with Crippen LogP contribution in [0, 0.1) is 5.92 Å². The third-order valence-electron chi connectivity index (χ3n) is 8.37. The fourth-order valence-electron chi connectivity index (χ4n) is 5.62. The van der Waals surface area contributed by atoms with Crippen LogP contribution in [0.2, 0.25) is 0 Å². The van der Waals surface area contributed by atoms with Gasteiger partial charge in [-0.1, -0.05) is 30.3 Å². The van der Waals surface area contributed by atoms with E-state index in [2.05, 4.69) is 10.3 Å². The second kappa shape index (κ2) is 13.2. The summed E-state index contributed by atoms with van der Waals surface area (Å²) in [4.78, 5) is 47.9. The molecule has 3 amide bonds. The number of nitrogens with zero attached hydrogens (tertiary/aromatic N) is 3. The number of benzene rings is 2. The Kier molecular flexibility index (Phi) is 9.37. The van der Waals surface area contributed by atoms with Gasteiger partial charge in [0.05, 0.1) is 17.5 Å². The van der Waals surface area contributed by atoms with Crippen LogP contribution in [0.3, 0.4) is 0 Å². The van der Waals surface area contributed by atoms with Gasteiger partial charge in [-0.2, -0.15) is 13.2 Å². The van der Waals surface area contributed by atoms with Crippen LogP contribution in [0.25, 0.3) is 0 Å². The summed E-state index contributed by atoms with van der Waals surface area (Å²) in [5.74, 6) is -2.37. The molecule has 1 N–H and O–H groups in total. The lowest BCUT2D eigenvalue weighted by molar-refractivity contribution is -0.146. The van der Waals surface area contributed by atoms with E-state index in [-0.39, 0.29) is 18.4 Å².